The Bertz CT molecular complexity index is 1330. The standard InChI is InChI=1S/C25H20N4O5/c30-19-9-1-15(2-10-19)13-21-25(32)28-14-22(16-5-11-20(31)12-6-16)26-23(24(28)27-21)17-3-7-18(8-4-17)29(33)34/h1-12,21,27,30-31H,13-14H2. The lowest BCUT2D eigenvalue weighted by Crippen LogP contribution is -2.36. The minimum Gasteiger partial charge on any atom is -0.508 e. The maximum atomic E-state index is 13.4. The molecule has 1 atom stereocenters. The van der Waals surface area contributed by atoms with Crippen molar-refractivity contribution in [2.75, 3.05) is 6.54 Å². The highest BCUT2D eigenvalue weighted by Crippen LogP contribution is 2.32. The fourth-order valence-corrected chi connectivity index (χ4v) is 4.09. The fourth-order valence-electron chi connectivity index (χ4n) is 4.09. The smallest absolute Gasteiger partial charge is 0.269 e. The van der Waals surface area contributed by atoms with Crippen molar-refractivity contribution in [2.45, 2.75) is 12.5 Å². The first-order chi connectivity index (χ1) is 16.4. The van der Waals surface area contributed by atoms with Crippen molar-refractivity contribution in [3.8, 4) is 11.5 Å². The predicted molar refractivity (Wildman–Crippen MR) is 125 cm³/mol. The molecule has 0 aromatic heterocycles. The van der Waals surface area contributed by atoms with Crippen LogP contribution in [-0.2, 0) is 11.2 Å². The number of nitrogens with one attached hydrogen (secondary N) is 1. The SMILES string of the molecule is O=C1C(Cc2ccc(O)cc2)NC2=C(c3ccc([N+](=O)[O-])cc3)N=C(c3ccc(O)cc3)CN12. The van der Waals surface area contributed by atoms with E-state index in [2.05, 4.69) is 5.32 Å². The average Bonchev–Trinajstić information content (AvgIpc) is 3.15. The number of benzene rings is 3. The summed E-state index contributed by atoms with van der Waals surface area (Å²) in [5.74, 6) is 0.709. The van der Waals surface area contributed by atoms with Crippen molar-refractivity contribution in [2.24, 2.45) is 4.99 Å². The van der Waals surface area contributed by atoms with Gasteiger partial charge in [-0.15, -0.1) is 0 Å². The number of phenols is 2. The molecule has 2 heterocycles. The van der Waals surface area contributed by atoms with Gasteiger partial charge in [-0.05, 0) is 59.7 Å². The highest BCUT2D eigenvalue weighted by atomic mass is 16.6. The molecule has 2 aliphatic heterocycles. The molecule has 170 valence electrons. The topological polar surface area (TPSA) is 128 Å². The lowest BCUT2D eigenvalue weighted by molar-refractivity contribution is -0.384. The number of phenolic OH excluding ortho intramolecular Hbond substituents is 2. The third-order valence-corrected chi connectivity index (χ3v) is 5.85. The van der Waals surface area contributed by atoms with E-state index in [0.29, 0.717) is 29.2 Å². The number of nitro groups is 1. The molecule has 5 rings (SSSR count). The van der Waals surface area contributed by atoms with E-state index in [4.69, 9.17) is 4.99 Å². The summed E-state index contributed by atoms with van der Waals surface area (Å²) in [6.45, 7) is 0.245. The number of fused-ring (bicyclic) bond motifs is 1. The van der Waals surface area contributed by atoms with Crippen LogP contribution >= 0.6 is 0 Å². The highest BCUT2D eigenvalue weighted by molar-refractivity contribution is 6.09. The first-order valence-electron chi connectivity index (χ1n) is 10.6. The van der Waals surface area contributed by atoms with Crippen LogP contribution in [0.2, 0.25) is 0 Å². The van der Waals surface area contributed by atoms with Crippen LogP contribution in [0.5, 0.6) is 11.5 Å². The second kappa shape index (κ2) is 8.36. The first kappa shape index (κ1) is 21.2. The second-order valence-corrected chi connectivity index (χ2v) is 8.10. The molecule has 3 aromatic carbocycles. The Morgan fingerprint density at radius 3 is 2.15 bits per heavy atom. The van der Waals surface area contributed by atoms with Gasteiger partial charge in [0.2, 0.25) is 0 Å². The van der Waals surface area contributed by atoms with E-state index in [1.54, 1.807) is 65.6 Å². The predicted octanol–water partition coefficient (Wildman–Crippen LogP) is 3.18. The Morgan fingerprint density at radius 2 is 1.53 bits per heavy atom. The molecule has 3 aromatic rings. The van der Waals surface area contributed by atoms with Crippen LogP contribution in [0.1, 0.15) is 16.7 Å². The van der Waals surface area contributed by atoms with E-state index in [1.807, 2.05) is 0 Å². The average molecular weight is 456 g/mol. The van der Waals surface area contributed by atoms with Crippen molar-refractivity contribution in [1.82, 2.24) is 10.2 Å². The number of non-ortho nitro benzene ring substituents is 1. The van der Waals surface area contributed by atoms with Gasteiger partial charge >= 0.3 is 0 Å². The number of rotatable bonds is 5. The summed E-state index contributed by atoms with van der Waals surface area (Å²) in [5.41, 5.74) is 3.38. The minimum absolute atomic E-state index is 0.0367. The molecule has 0 spiro atoms. The molecule has 0 saturated carbocycles. The largest absolute Gasteiger partial charge is 0.508 e. The summed E-state index contributed by atoms with van der Waals surface area (Å²) in [7, 11) is 0. The van der Waals surface area contributed by atoms with Crippen LogP contribution in [0.4, 0.5) is 5.69 Å². The summed E-state index contributed by atoms with van der Waals surface area (Å²) in [6.07, 6.45) is 0.418. The van der Waals surface area contributed by atoms with Crippen LogP contribution in [0.3, 0.4) is 0 Å². The summed E-state index contributed by atoms with van der Waals surface area (Å²) in [4.78, 5) is 30.4. The lowest BCUT2D eigenvalue weighted by atomic mass is 10.0. The Kier molecular flexibility index (Phi) is 5.21. The molecule has 0 bridgehead atoms. The number of nitro benzene ring substituents is 1. The molecular formula is C25H20N4O5. The fraction of sp³-hybridized carbons (Fsp3) is 0.120. The van der Waals surface area contributed by atoms with Crippen molar-refractivity contribution < 1.29 is 19.9 Å². The molecule has 2 aliphatic rings. The summed E-state index contributed by atoms with van der Waals surface area (Å²) in [5, 5.41) is 33.5. The van der Waals surface area contributed by atoms with E-state index < -0.39 is 11.0 Å². The normalized spacial score (nSPS) is 17.3. The van der Waals surface area contributed by atoms with Crippen LogP contribution in [0, 0.1) is 10.1 Å². The Morgan fingerprint density at radius 1 is 0.941 bits per heavy atom. The van der Waals surface area contributed by atoms with E-state index in [9.17, 15) is 25.1 Å². The van der Waals surface area contributed by atoms with Crippen LogP contribution in [-0.4, -0.2) is 44.2 Å². The van der Waals surface area contributed by atoms with Crippen molar-refractivity contribution in [3.05, 3.63) is 105 Å². The van der Waals surface area contributed by atoms with E-state index >= 15 is 0 Å². The third kappa shape index (κ3) is 3.95. The number of carbonyl (C=O) groups excluding carboxylic acids is 1. The second-order valence-electron chi connectivity index (χ2n) is 8.10. The number of amides is 1. The molecule has 1 fully saturated rings. The van der Waals surface area contributed by atoms with Crippen molar-refractivity contribution in [3.63, 3.8) is 0 Å². The highest BCUT2D eigenvalue weighted by Gasteiger charge is 2.40. The van der Waals surface area contributed by atoms with Crippen molar-refractivity contribution in [1.29, 1.82) is 0 Å². The van der Waals surface area contributed by atoms with Crippen LogP contribution in [0.25, 0.3) is 5.70 Å². The zero-order valence-corrected chi connectivity index (χ0v) is 17.9. The van der Waals surface area contributed by atoms with Gasteiger partial charge in [0, 0.05) is 24.1 Å². The zero-order chi connectivity index (χ0) is 23.8. The Labute approximate surface area is 194 Å². The lowest BCUT2D eigenvalue weighted by Gasteiger charge is -2.25. The number of hydrogen-bond donors (Lipinski definition) is 3. The van der Waals surface area contributed by atoms with Gasteiger partial charge in [-0.2, -0.15) is 0 Å². The Balaban J connectivity index is 1.54. The van der Waals surface area contributed by atoms with Crippen LogP contribution in [0.15, 0.2) is 83.6 Å². The van der Waals surface area contributed by atoms with Gasteiger partial charge in [-0.3, -0.25) is 19.8 Å². The summed E-state index contributed by atoms with van der Waals surface area (Å²) >= 11 is 0. The molecule has 1 amide bonds. The molecular weight excluding hydrogens is 436 g/mol. The van der Waals surface area contributed by atoms with Gasteiger partial charge in [0.15, 0.2) is 0 Å². The number of aromatic hydroxyl groups is 2. The molecule has 1 saturated heterocycles. The molecule has 0 aliphatic carbocycles. The monoisotopic (exact) mass is 456 g/mol. The molecule has 9 heteroatoms. The Hall–Kier alpha value is -4.66. The molecule has 34 heavy (non-hydrogen) atoms. The quantitative estimate of drug-likeness (QED) is 0.400. The van der Waals surface area contributed by atoms with Crippen LogP contribution < -0.4 is 5.32 Å². The number of carbonyl (C=O) groups is 1. The van der Waals surface area contributed by atoms with E-state index in [1.165, 1.54) is 12.1 Å². The number of aliphatic imine (C=N–C) groups is 1. The van der Waals surface area contributed by atoms with E-state index in [0.717, 1.165) is 11.1 Å². The van der Waals surface area contributed by atoms with Gasteiger partial charge in [0.1, 0.15) is 29.1 Å². The number of nitrogens with zero attached hydrogens (tertiary/aromatic N) is 3. The first-order valence-corrected chi connectivity index (χ1v) is 10.6. The van der Waals surface area contributed by atoms with Gasteiger partial charge in [-0.1, -0.05) is 12.1 Å². The van der Waals surface area contributed by atoms with Gasteiger partial charge in [-0.25, -0.2) is 4.99 Å². The zero-order valence-electron chi connectivity index (χ0n) is 17.9. The summed E-state index contributed by atoms with van der Waals surface area (Å²) < 4.78 is 0. The molecule has 3 N–H and O–H groups in total. The van der Waals surface area contributed by atoms with Gasteiger partial charge in [0.25, 0.3) is 11.6 Å². The van der Waals surface area contributed by atoms with Gasteiger partial charge in [0.05, 0.1) is 17.2 Å². The minimum atomic E-state index is -0.526. The maximum absolute atomic E-state index is 13.4. The molecule has 0 radical (unpaired) electrons. The number of hydrogen-bond acceptors (Lipinski definition) is 7. The van der Waals surface area contributed by atoms with Gasteiger partial charge < -0.3 is 15.5 Å². The summed E-state index contributed by atoms with van der Waals surface area (Å²) in [6, 6.07) is 18.8. The van der Waals surface area contributed by atoms with Crippen molar-refractivity contribution >= 4 is 23.0 Å². The molecule has 9 nitrogen and oxygen atoms in total. The molecule has 1 unspecified atom stereocenters. The third-order valence-electron chi connectivity index (χ3n) is 5.85. The van der Waals surface area contributed by atoms with E-state index in [-0.39, 0.29) is 29.6 Å². The maximum Gasteiger partial charge on any atom is 0.269 e.